The number of alkyl halides is 2. The predicted octanol–water partition coefficient (Wildman–Crippen LogP) is 2.33. The van der Waals surface area contributed by atoms with Gasteiger partial charge in [-0.1, -0.05) is 5.92 Å². The summed E-state index contributed by atoms with van der Waals surface area (Å²) in [4.78, 5) is 0. The van der Waals surface area contributed by atoms with Crippen LogP contribution in [0.2, 0.25) is 0 Å². The summed E-state index contributed by atoms with van der Waals surface area (Å²) < 4.78 is 27.7. The third-order valence-corrected chi connectivity index (χ3v) is 1.47. The first-order valence-corrected chi connectivity index (χ1v) is 3.94. The van der Waals surface area contributed by atoms with Gasteiger partial charge in [-0.25, -0.2) is 0 Å². The fourth-order valence-electron chi connectivity index (χ4n) is 0.907. The summed E-state index contributed by atoms with van der Waals surface area (Å²) >= 11 is 0. The van der Waals surface area contributed by atoms with Crippen LogP contribution in [0.25, 0.3) is 0 Å². The van der Waals surface area contributed by atoms with E-state index < -0.39 is 6.61 Å². The van der Waals surface area contributed by atoms with Gasteiger partial charge in [-0.2, -0.15) is 8.78 Å². The number of nitrogens with one attached hydrogen (secondary N) is 1. The maximum absolute atomic E-state index is 11.8. The average Bonchev–Trinajstić information content (AvgIpc) is 2.16. The number of halogens is 2. The molecule has 1 N–H and O–H groups in total. The topological polar surface area (TPSA) is 21.3 Å². The molecule has 0 saturated heterocycles. The molecule has 2 nitrogen and oxygen atoms in total. The van der Waals surface area contributed by atoms with Crippen LogP contribution in [-0.2, 0) is 0 Å². The van der Waals surface area contributed by atoms with Crippen molar-refractivity contribution in [3.05, 3.63) is 24.3 Å². The minimum absolute atomic E-state index is 0.131. The number of rotatable bonds is 4. The van der Waals surface area contributed by atoms with Gasteiger partial charge in [0, 0.05) is 5.69 Å². The van der Waals surface area contributed by atoms with Gasteiger partial charge in [0.1, 0.15) is 5.75 Å². The van der Waals surface area contributed by atoms with Crippen LogP contribution in [0, 0.1) is 12.3 Å². The molecule has 74 valence electrons. The highest BCUT2D eigenvalue weighted by molar-refractivity contribution is 5.47. The maximum atomic E-state index is 11.8. The summed E-state index contributed by atoms with van der Waals surface area (Å²) in [7, 11) is 0. The molecule has 0 radical (unpaired) electrons. The van der Waals surface area contributed by atoms with Gasteiger partial charge >= 0.3 is 6.61 Å². The van der Waals surface area contributed by atoms with Crippen molar-refractivity contribution in [1.82, 2.24) is 0 Å². The van der Waals surface area contributed by atoms with E-state index in [9.17, 15) is 8.78 Å². The molecule has 0 heterocycles. The number of hydrogen-bond donors (Lipinski definition) is 1. The van der Waals surface area contributed by atoms with Crippen LogP contribution in [-0.4, -0.2) is 13.2 Å². The quantitative estimate of drug-likeness (QED) is 0.748. The molecule has 1 rings (SSSR count). The van der Waals surface area contributed by atoms with Crippen molar-refractivity contribution in [2.24, 2.45) is 0 Å². The van der Waals surface area contributed by atoms with Crippen LogP contribution in [0.5, 0.6) is 5.75 Å². The highest BCUT2D eigenvalue weighted by atomic mass is 19.3. The molecular weight excluding hydrogens is 188 g/mol. The number of hydrogen-bond acceptors (Lipinski definition) is 2. The molecule has 0 atom stereocenters. The fourth-order valence-corrected chi connectivity index (χ4v) is 0.907. The maximum Gasteiger partial charge on any atom is 0.387 e. The van der Waals surface area contributed by atoms with E-state index in [2.05, 4.69) is 16.0 Å². The Hall–Kier alpha value is -1.76. The average molecular weight is 197 g/mol. The Balaban J connectivity index is 2.56. The third-order valence-electron chi connectivity index (χ3n) is 1.47. The van der Waals surface area contributed by atoms with Crippen LogP contribution in [0.15, 0.2) is 24.3 Å². The molecular formula is C10H9F2NO. The van der Waals surface area contributed by atoms with Gasteiger partial charge in [-0.15, -0.1) is 6.42 Å². The van der Waals surface area contributed by atoms with E-state index in [0.717, 1.165) is 5.69 Å². The van der Waals surface area contributed by atoms with Gasteiger partial charge in [0.2, 0.25) is 0 Å². The molecule has 0 aliphatic carbocycles. The first-order valence-electron chi connectivity index (χ1n) is 3.94. The minimum atomic E-state index is -2.79. The second kappa shape index (κ2) is 5.07. The van der Waals surface area contributed by atoms with Crippen LogP contribution in [0.1, 0.15) is 0 Å². The van der Waals surface area contributed by atoms with Crippen LogP contribution >= 0.6 is 0 Å². The van der Waals surface area contributed by atoms with Crippen LogP contribution < -0.4 is 10.1 Å². The monoisotopic (exact) mass is 197 g/mol. The summed E-state index contributed by atoms with van der Waals surface area (Å²) in [5.74, 6) is 2.53. The second-order valence-corrected chi connectivity index (χ2v) is 2.46. The number of terminal acetylenes is 1. The van der Waals surface area contributed by atoms with E-state index in [4.69, 9.17) is 6.42 Å². The van der Waals surface area contributed by atoms with Crippen molar-refractivity contribution in [2.75, 3.05) is 11.9 Å². The molecule has 0 aliphatic heterocycles. The van der Waals surface area contributed by atoms with E-state index in [-0.39, 0.29) is 5.75 Å². The first kappa shape index (κ1) is 10.3. The molecule has 0 aliphatic rings. The molecule has 0 amide bonds. The zero-order valence-electron chi connectivity index (χ0n) is 7.34. The first-order chi connectivity index (χ1) is 6.72. The SMILES string of the molecule is C#CCNc1ccc(OC(F)F)cc1. The highest BCUT2D eigenvalue weighted by Gasteiger charge is 2.02. The normalized spacial score (nSPS) is 9.57. The zero-order chi connectivity index (χ0) is 10.4. The van der Waals surface area contributed by atoms with Gasteiger partial charge in [0.15, 0.2) is 0 Å². The molecule has 4 heteroatoms. The van der Waals surface area contributed by atoms with Crippen molar-refractivity contribution < 1.29 is 13.5 Å². The number of benzene rings is 1. The van der Waals surface area contributed by atoms with Gasteiger partial charge in [0.25, 0.3) is 0 Å². The lowest BCUT2D eigenvalue weighted by Crippen LogP contribution is -2.02. The van der Waals surface area contributed by atoms with E-state index in [1.54, 1.807) is 12.1 Å². The van der Waals surface area contributed by atoms with Crippen LogP contribution in [0.3, 0.4) is 0 Å². The summed E-state index contributed by atoms with van der Waals surface area (Å²) in [6.45, 7) is -2.39. The smallest absolute Gasteiger partial charge is 0.387 e. The number of ether oxygens (including phenoxy) is 1. The van der Waals surface area contributed by atoms with Crippen LogP contribution in [0.4, 0.5) is 14.5 Å². The highest BCUT2D eigenvalue weighted by Crippen LogP contribution is 2.17. The minimum Gasteiger partial charge on any atom is -0.435 e. The van der Waals surface area contributed by atoms with Crippen molar-refractivity contribution in [1.29, 1.82) is 0 Å². The Morgan fingerprint density at radius 1 is 1.36 bits per heavy atom. The lowest BCUT2D eigenvalue weighted by Gasteiger charge is -2.05. The Labute approximate surface area is 80.9 Å². The largest absolute Gasteiger partial charge is 0.435 e. The summed E-state index contributed by atoms with van der Waals surface area (Å²) in [5.41, 5.74) is 0.768. The molecule has 0 bridgehead atoms. The van der Waals surface area contributed by atoms with E-state index in [1.807, 2.05) is 0 Å². The number of anilines is 1. The summed E-state index contributed by atoms with van der Waals surface area (Å²) in [5, 5.41) is 2.90. The molecule has 0 aromatic heterocycles. The van der Waals surface area contributed by atoms with Gasteiger partial charge < -0.3 is 10.1 Å². The molecule has 14 heavy (non-hydrogen) atoms. The zero-order valence-corrected chi connectivity index (χ0v) is 7.34. The molecule has 0 fully saturated rings. The molecule has 0 spiro atoms. The summed E-state index contributed by atoms with van der Waals surface area (Å²) in [6.07, 6.45) is 5.04. The fraction of sp³-hybridized carbons (Fsp3) is 0.200. The Bertz CT molecular complexity index is 316. The molecule has 1 aromatic carbocycles. The Morgan fingerprint density at radius 2 is 2.00 bits per heavy atom. The van der Waals surface area contributed by atoms with E-state index in [1.165, 1.54) is 12.1 Å². The van der Waals surface area contributed by atoms with Crippen molar-refractivity contribution in [2.45, 2.75) is 6.61 Å². The lowest BCUT2D eigenvalue weighted by molar-refractivity contribution is -0.0498. The van der Waals surface area contributed by atoms with E-state index >= 15 is 0 Å². The Morgan fingerprint density at radius 3 is 2.50 bits per heavy atom. The lowest BCUT2D eigenvalue weighted by atomic mass is 10.3. The summed E-state index contributed by atoms with van der Waals surface area (Å²) in [6, 6.07) is 6.14. The third kappa shape index (κ3) is 3.31. The van der Waals surface area contributed by atoms with Gasteiger partial charge in [-0.3, -0.25) is 0 Å². The molecule has 1 aromatic rings. The van der Waals surface area contributed by atoms with Gasteiger partial charge in [0.05, 0.1) is 6.54 Å². The standard InChI is InChI=1S/C10H9F2NO/c1-2-7-13-8-3-5-9(6-4-8)14-10(11)12/h1,3-6,10,13H,7H2. The molecule has 0 saturated carbocycles. The molecule has 0 unspecified atom stereocenters. The van der Waals surface area contributed by atoms with Crippen molar-refractivity contribution in [3.8, 4) is 18.1 Å². The van der Waals surface area contributed by atoms with E-state index in [0.29, 0.717) is 6.54 Å². The van der Waals surface area contributed by atoms with Crippen molar-refractivity contribution >= 4 is 5.69 Å². The van der Waals surface area contributed by atoms with Gasteiger partial charge in [-0.05, 0) is 24.3 Å². The Kier molecular flexibility index (Phi) is 3.74. The predicted molar refractivity (Wildman–Crippen MR) is 50.4 cm³/mol. The second-order valence-electron chi connectivity index (χ2n) is 2.46. The van der Waals surface area contributed by atoms with Crippen molar-refractivity contribution in [3.63, 3.8) is 0 Å².